The number of amides is 1. The van der Waals surface area contributed by atoms with Crippen LogP contribution in [0.4, 0.5) is 5.82 Å². The molecule has 0 bridgehead atoms. The standard InChI is InChI=1S/C11H15N3O/c1-8(11(15)14-9-5-6-9)13-10-4-2-3-7-12-10/h2-4,7-9H,5-6H2,1H3,(H,12,13)(H,14,15). The van der Waals surface area contributed by atoms with E-state index in [0.29, 0.717) is 6.04 Å². The number of aromatic nitrogens is 1. The first kappa shape index (κ1) is 9.96. The molecule has 2 N–H and O–H groups in total. The molecule has 4 heteroatoms. The summed E-state index contributed by atoms with van der Waals surface area (Å²) in [7, 11) is 0. The van der Waals surface area contributed by atoms with Crippen LogP contribution in [0.25, 0.3) is 0 Å². The van der Waals surface area contributed by atoms with E-state index in [-0.39, 0.29) is 11.9 Å². The zero-order valence-corrected chi connectivity index (χ0v) is 8.73. The Bertz CT molecular complexity index is 335. The molecule has 1 fully saturated rings. The van der Waals surface area contributed by atoms with Crippen LogP contribution in [-0.4, -0.2) is 23.0 Å². The highest BCUT2D eigenvalue weighted by Gasteiger charge is 2.25. The third-order valence-corrected chi connectivity index (χ3v) is 2.35. The zero-order valence-electron chi connectivity index (χ0n) is 8.73. The maximum Gasteiger partial charge on any atom is 0.242 e. The van der Waals surface area contributed by atoms with Crippen molar-refractivity contribution in [3.63, 3.8) is 0 Å². The third-order valence-electron chi connectivity index (χ3n) is 2.35. The van der Waals surface area contributed by atoms with Crippen LogP contribution in [0.2, 0.25) is 0 Å². The van der Waals surface area contributed by atoms with Crippen LogP contribution < -0.4 is 10.6 Å². The lowest BCUT2D eigenvalue weighted by molar-refractivity contribution is -0.121. The molecule has 0 radical (unpaired) electrons. The van der Waals surface area contributed by atoms with E-state index in [1.807, 2.05) is 25.1 Å². The summed E-state index contributed by atoms with van der Waals surface area (Å²) in [5, 5.41) is 6.00. The van der Waals surface area contributed by atoms with E-state index >= 15 is 0 Å². The van der Waals surface area contributed by atoms with Crippen molar-refractivity contribution in [1.29, 1.82) is 0 Å². The molecular weight excluding hydrogens is 190 g/mol. The molecule has 1 aliphatic rings. The van der Waals surface area contributed by atoms with E-state index in [0.717, 1.165) is 18.7 Å². The van der Waals surface area contributed by atoms with Gasteiger partial charge in [0.2, 0.25) is 5.91 Å². The normalized spacial score (nSPS) is 16.9. The lowest BCUT2D eigenvalue weighted by Crippen LogP contribution is -2.38. The van der Waals surface area contributed by atoms with E-state index in [1.54, 1.807) is 6.20 Å². The third kappa shape index (κ3) is 2.94. The Hall–Kier alpha value is -1.58. The topological polar surface area (TPSA) is 54.0 Å². The Morgan fingerprint density at radius 3 is 2.93 bits per heavy atom. The first-order valence-electron chi connectivity index (χ1n) is 5.23. The lowest BCUT2D eigenvalue weighted by Gasteiger charge is -2.13. The molecule has 1 aromatic heterocycles. The average molecular weight is 205 g/mol. The molecule has 0 aliphatic heterocycles. The predicted octanol–water partition coefficient (Wildman–Crippen LogP) is 1.16. The molecule has 1 amide bonds. The summed E-state index contributed by atoms with van der Waals surface area (Å²) in [4.78, 5) is 15.7. The quantitative estimate of drug-likeness (QED) is 0.775. The first-order chi connectivity index (χ1) is 7.25. The summed E-state index contributed by atoms with van der Waals surface area (Å²) in [6.45, 7) is 1.84. The van der Waals surface area contributed by atoms with Gasteiger partial charge in [-0.1, -0.05) is 6.07 Å². The van der Waals surface area contributed by atoms with Crippen molar-refractivity contribution in [3.05, 3.63) is 24.4 Å². The molecule has 1 heterocycles. The fourth-order valence-corrected chi connectivity index (χ4v) is 1.29. The fourth-order valence-electron chi connectivity index (χ4n) is 1.29. The summed E-state index contributed by atoms with van der Waals surface area (Å²) < 4.78 is 0. The number of rotatable bonds is 4. The highest BCUT2D eigenvalue weighted by atomic mass is 16.2. The number of anilines is 1. The van der Waals surface area contributed by atoms with Gasteiger partial charge in [0.25, 0.3) is 0 Å². The zero-order chi connectivity index (χ0) is 10.7. The van der Waals surface area contributed by atoms with Crippen molar-refractivity contribution in [1.82, 2.24) is 10.3 Å². The summed E-state index contributed by atoms with van der Waals surface area (Å²) in [6.07, 6.45) is 3.93. The summed E-state index contributed by atoms with van der Waals surface area (Å²) in [6, 6.07) is 5.76. The van der Waals surface area contributed by atoms with E-state index in [4.69, 9.17) is 0 Å². The van der Waals surface area contributed by atoms with Gasteiger partial charge in [-0.3, -0.25) is 4.79 Å². The van der Waals surface area contributed by atoms with Gasteiger partial charge >= 0.3 is 0 Å². The van der Waals surface area contributed by atoms with Crippen molar-refractivity contribution in [2.45, 2.75) is 31.8 Å². The van der Waals surface area contributed by atoms with Gasteiger partial charge < -0.3 is 10.6 Å². The molecule has 0 aromatic carbocycles. The number of carbonyl (C=O) groups is 1. The monoisotopic (exact) mass is 205 g/mol. The Morgan fingerprint density at radius 1 is 1.53 bits per heavy atom. The highest BCUT2D eigenvalue weighted by molar-refractivity contribution is 5.84. The largest absolute Gasteiger partial charge is 0.359 e. The molecule has 1 aliphatic carbocycles. The Balaban J connectivity index is 1.85. The Kier molecular flexibility index (Phi) is 2.85. The van der Waals surface area contributed by atoms with E-state index in [1.165, 1.54) is 0 Å². The van der Waals surface area contributed by atoms with Crippen LogP contribution in [-0.2, 0) is 4.79 Å². The maximum absolute atomic E-state index is 11.6. The number of hydrogen-bond donors (Lipinski definition) is 2. The maximum atomic E-state index is 11.6. The first-order valence-corrected chi connectivity index (χ1v) is 5.23. The van der Waals surface area contributed by atoms with Crippen molar-refractivity contribution >= 4 is 11.7 Å². The summed E-state index contributed by atoms with van der Waals surface area (Å²) >= 11 is 0. The smallest absolute Gasteiger partial charge is 0.242 e. The molecule has 1 unspecified atom stereocenters. The van der Waals surface area contributed by atoms with Crippen LogP contribution in [0.3, 0.4) is 0 Å². The second-order valence-corrected chi connectivity index (χ2v) is 3.86. The molecule has 1 atom stereocenters. The molecule has 1 aromatic rings. The van der Waals surface area contributed by atoms with Gasteiger partial charge in [-0.05, 0) is 31.9 Å². The SMILES string of the molecule is CC(Nc1ccccn1)C(=O)NC1CC1. The predicted molar refractivity (Wildman–Crippen MR) is 58.5 cm³/mol. The van der Waals surface area contributed by atoms with Crippen LogP contribution in [0.5, 0.6) is 0 Å². The second kappa shape index (κ2) is 4.29. The average Bonchev–Trinajstić information content (AvgIpc) is 3.03. The highest BCUT2D eigenvalue weighted by Crippen LogP contribution is 2.18. The molecule has 1 saturated carbocycles. The Labute approximate surface area is 89.1 Å². The molecule has 0 spiro atoms. The lowest BCUT2D eigenvalue weighted by atomic mass is 10.3. The van der Waals surface area contributed by atoms with Crippen LogP contribution >= 0.6 is 0 Å². The minimum absolute atomic E-state index is 0.0446. The van der Waals surface area contributed by atoms with Crippen LogP contribution in [0.1, 0.15) is 19.8 Å². The van der Waals surface area contributed by atoms with Gasteiger partial charge in [0, 0.05) is 12.2 Å². The van der Waals surface area contributed by atoms with Crippen molar-refractivity contribution in [2.75, 3.05) is 5.32 Å². The number of hydrogen-bond acceptors (Lipinski definition) is 3. The van der Waals surface area contributed by atoms with Gasteiger partial charge in [-0.15, -0.1) is 0 Å². The molecule has 15 heavy (non-hydrogen) atoms. The number of nitrogens with zero attached hydrogens (tertiary/aromatic N) is 1. The molecular formula is C11H15N3O. The number of nitrogens with one attached hydrogen (secondary N) is 2. The molecule has 4 nitrogen and oxygen atoms in total. The van der Waals surface area contributed by atoms with Crippen molar-refractivity contribution in [2.24, 2.45) is 0 Å². The van der Waals surface area contributed by atoms with Gasteiger partial charge in [-0.2, -0.15) is 0 Å². The van der Waals surface area contributed by atoms with Crippen molar-refractivity contribution < 1.29 is 4.79 Å². The van der Waals surface area contributed by atoms with Gasteiger partial charge in [0.15, 0.2) is 0 Å². The molecule has 0 saturated heterocycles. The number of carbonyl (C=O) groups excluding carboxylic acids is 1. The van der Waals surface area contributed by atoms with Crippen LogP contribution in [0.15, 0.2) is 24.4 Å². The van der Waals surface area contributed by atoms with E-state index in [9.17, 15) is 4.79 Å². The van der Waals surface area contributed by atoms with E-state index < -0.39 is 0 Å². The van der Waals surface area contributed by atoms with Gasteiger partial charge in [-0.25, -0.2) is 4.98 Å². The van der Waals surface area contributed by atoms with E-state index in [2.05, 4.69) is 15.6 Å². The second-order valence-electron chi connectivity index (χ2n) is 3.86. The van der Waals surface area contributed by atoms with Crippen molar-refractivity contribution in [3.8, 4) is 0 Å². The number of pyridine rings is 1. The Morgan fingerprint density at radius 2 is 2.33 bits per heavy atom. The van der Waals surface area contributed by atoms with Gasteiger partial charge in [0.1, 0.15) is 11.9 Å². The minimum atomic E-state index is -0.236. The summed E-state index contributed by atoms with van der Waals surface area (Å²) in [5.74, 6) is 0.777. The summed E-state index contributed by atoms with van der Waals surface area (Å²) in [5.41, 5.74) is 0. The van der Waals surface area contributed by atoms with Crippen LogP contribution in [0, 0.1) is 0 Å². The van der Waals surface area contributed by atoms with Gasteiger partial charge in [0.05, 0.1) is 0 Å². The fraction of sp³-hybridized carbons (Fsp3) is 0.455. The molecule has 2 rings (SSSR count). The molecule has 80 valence electrons. The minimum Gasteiger partial charge on any atom is -0.359 e.